The van der Waals surface area contributed by atoms with Crippen molar-refractivity contribution in [1.29, 1.82) is 0 Å². The van der Waals surface area contributed by atoms with E-state index in [1.165, 1.54) is 11.3 Å². The Balaban J connectivity index is 1.98. The van der Waals surface area contributed by atoms with Crippen molar-refractivity contribution >= 4 is 34.0 Å². The topological polar surface area (TPSA) is 51.2 Å². The molecule has 2 aromatic rings. The van der Waals surface area contributed by atoms with Crippen LogP contribution in [0.2, 0.25) is 5.02 Å². The lowest BCUT2D eigenvalue weighted by Gasteiger charge is -2.06. The van der Waals surface area contributed by atoms with Crippen LogP contribution in [0.3, 0.4) is 0 Å². The fourth-order valence-electron chi connectivity index (χ4n) is 1.74. The zero-order chi connectivity index (χ0) is 17.0. The molecule has 0 spiro atoms. The molecule has 1 aromatic heterocycles. The molecule has 1 N–H and O–H groups in total. The standard InChI is InChI=1S/C14H12ClF3N2O2S/c1-8-12(9-2-4-10(15)5-3-9)20-13(23-8)19-11(21)6-22-7-14(16,17)18/h2-5H,6-7H2,1H3,(H,19,20,21). The largest absolute Gasteiger partial charge is 0.411 e. The van der Waals surface area contributed by atoms with Crippen molar-refractivity contribution in [2.75, 3.05) is 18.5 Å². The second kappa shape index (κ2) is 7.29. The lowest BCUT2D eigenvalue weighted by atomic mass is 10.1. The van der Waals surface area contributed by atoms with Crippen molar-refractivity contribution in [1.82, 2.24) is 4.98 Å². The number of alkyl halides is 3. The number of carbonyl (C=O) groups excluding carboxylic acids is 1. The molecule has 1 aromatic carbocycles. The van der Waals surface area contributed by atoms with Gasteiger partial charge in [-0.15, -0.1) is 11.3 Å². The van der Waals surface area contributed by atoms with E-state index in [1.54, 1.807) is 24.3 Å². The van der Waals surface area contributed by atoms with Crippen molar-refractivity contribution in [3.63, 3.8) is 0 Å². The number of thiazole rings is 1. The minimum absolute atomic E-state index is 0.299. The lowest BCUT2D eigenvalue weighted by molar-refractivity contribution is -0.174. The zero-order valence-corrected chi connectivity index (χ0v) is 13.5. The van der Waals surface area contributed by atoms with Gasteiger partial charge in [-0.1, -0.05) is 23.7 Å². The van der Waals surface area contributed by atoms with Crippen LogP contribution in [-0.2, 0) is 9.53 Å². The van der Waals surface area contributed by atoms with E-state index >= 15 is 0 Å². The number of anilines is 1. The fourth-order valence-corrected chi connectivity index (χ4v) is 2.72. The van der Waals surface area contributed by atoms with E-state index in [0.29, 0.717) is 15.8 Å². The Kier molecular flexibility index (Phi) is 5.61. The third-order valence-corrected chi connectivity index (χ3v) is 3.80. The van der Waals surface area contributed by atoms with E-state index in [1.807, 2.05) is 6.92 Å². The number of benzene rings is 1. The van der Waals surface area contributed by atoms with Gasteiger partial charge in [0.25, 0.3) is 5.91 Å². The molecule has 0 saturated heterocycles. The summed E-state index contributed by atoms with van der Waals surface area (Å²) in [5.74, 6) is -0.689. The molecule has 0 unspecified atom stereocenters. The number of hydrogen-bond acceptors (Lipinski definition) is 4. The van der Waals surface area contributed by atoms with Gasteiger partial charge in [0, 0.05) is 15.5 Å². The van der Waals surface area contributed by atoms with Crippen molar-refractivity contribution in [3.05, 3.63) is 34.2 Å². The Morgan fingerprint density at radius 3 is 2.61 bits per heavy atom. The van der Waals surface area contributed by atoms with Gasteiger partial charge >= 0.3 is 6.18 Å². The number of aromatic nitrogens is 1. The molecule has 0 aliphatic rings. The molecular formula is C14H12ClF3N2O2S. The van der Waals surface area contributed by atoms with Crippen LogP contribution in [0.25, 0.3) is 11.3 Å². The molecule has 2 rings (SSSR count). The number of rotatable bonds is 5. The fraction of sp³-hybridized carbons (Fsp3) is 0.286. The van der Waals surface area contributed by atoms with E-state index in [9.17, 15) is 18.0 Å². The number of nitrogens with one attached hydrogen (secondary N) is 1. The Hall–Kier alpha value is -1.64. The van der Waals surface area contributed by atoms with Crippen molar-refractivity contribution in [2.45, 2.75) is 13.1 Å². The van der Waals surface area contributed by atoms with E-state index in [0.717, 1.165) is 10.4 Å². The highest BCUT2D eigenvalue weighted by molar-refractivity contribution is 7.16. The van der Waals surface area contributed by atoms with E-state index in [4.69, 9.17) is 11.6 Å². The summed E-state index contributed by atoms with van der Waals surface area (Å²) in [5, 5.41) is 3.31. The molecule has 9 heteroatoms. The quantitative estimate of drug-likeness (QED) is 0.861. The highest BCUT2D eigenvalue weighted by Gasteiger charge is 2.27. The highest BCUT2D eigenvalue weighted by Crippen LogP contribution is 2.30. The summed E-state index contributed by atoms with van der Waals surface area (Å²) in [5.41, 5.74) is 1.51. The SMILES string of the molecule is Cc1sc(NC(=O)COCC(F)(F)F)nc1-c1ccc(Cl)cc1. The Morgan fingerprint density at radius 1 is 1.35 bits per heavy atom. The predicted molar refractivity (Wildman–Crippen MR) is 82.8 cm³/mol. The van der Waals surface area contributed by atoms with Crippen LogP contribution >= 0.6 is 22.9 Å². The first-order valence-corrected chi connectivity index (χ1v) is 7.62. The molecule has 1 heterocycles. The first kappa shape index (κ1) is 17.7. The molecule has 0 saturated carbocycles. The van der Waals surface area contributed by atoms with Crippen LogP contribution < -0.4 is 5.32 Å². The maximum atomic E-state index is 11.9. The number of hydrogen-bond donors (Lipinski definition) is 1. The normalized spacial score (nSPS) is 11.5. The summed E-state index contributed by atoms with van der Waals surface area (Å²) in [6.07, 6.45) is -4.46. The van der Waals surface area contributed by atoms with E-state index < -0.39 is 25.3 Å². The maximum Gasteiger partial charge on any atom is 0.411 e. The van der Waals surface area contributed by atoms with Crippen LogP contribution in [0.15, 0.2) is 24.3 Å². The highest BCUT2D eigenvalue weighted by atomic mass is 35.5. The summed E-state index contributed by atoms with van der Waals surface area (Å²) in [4.78, 5) is 16.7. The number of ether oxygens (including phenoxy) is 1. The van der Waals surface area contributed by atoms with Gasteiger partial charge in [-0.25, -0.2) is 4.98 Å². The van der Waals surface area contributed by atoms with Crippen molar-refractivity contribution in [3.8, 4) is 11.3 Å². The molecule has 0 aliphatic carbocycles. The molecule has 23 heavy (non-hydrogen) atoms. The third kappa shape index (κ3) is 5.49. The van der Waals surface area contributed by atoms with Gasteiger partial charge in [-0.3, -0.25) is 10.1 Å². The number of nitrogens with zero attached hydrogens (tertiary/aromatic N) is 1. The number of carbonyl (C=O) groups is 1. The first-order valence-electron chi connectivity index (χ1n) is 6.42. The summed E-state index contributed by atoms with van der Waals surface area (Å²) in [6.45, 7) is -0.320. The van der Waals surface area contributed by atoms with E-state index in [2.05, 4.69) is 15.0 Å². The average molecular weight is 365 g/mol. The van der Waals surface area contributed by atoms with Gasteiger partial charge < -0.3 is 4.74 Å². The van der Waals surface area contributed by atoms with Crippen LogP contribution in [-0.4, -0.2) is 30.3 Å². The summed E-state index contributed by atoms with van der Waals surface area (Å²) < 4.78 is 40.1. The minimum atomic E-state index is -4.46. The first-order chi connectivity index (χ1) is 10.7. The molecule has 0 fully saturated rings. The Morgan fingerprint density at radius 2 is 2.00 bits per heavy atom. The van der Waals surface area contributed by atoms with Gasteiger partial charge in [-0.2, -0.15) is 13.2 Å². The van der Waals surface area contributed by atoms with Gasteiger partial charge in [-0.05, 0) is 19.1 Å². The predicted octanol–water partition coefficient (Wildman–Crippen LogP) is 4.29. The minimum Gasteiger partial charge on any atom is -0.362 e. The number of aryl methyl sites for hydroxylation is 1. The van der Waals surface area contributed by atoms with E-state index in [-0.39, 0.29) is 0 Å². The summed E-state index contributed by atoms with van der Waals surface area (Å²) in [7, 11) is 0. The molecule has 124 valence electrons. The lowest BCUT2D eigenvalue weighted by Crippen LogP contribution is -2.23. The smallest absolute Gasteiger partial charge is 0.362 e. The molecule has 0 radical (unpaired) electrons. The second-order valence-corrected chi connectivity index (χ2v) is 6.23. The molecule has 0 aliphatic heterocycles. The van der Waals surface area contributed by atoms with Gasteiger partial charge in [0.15, 0.2) is 5.13 Å². The van der Waals surface area contributed by atoms with Gasteiger partial charge in [0.1, 0.15) is 13.2 Å². The van der Waals surface area contributed by atoms with Crippen LogP contribution in [0.5, 0.6) is 0 Å². The molecular weight excluding hydrogens is 353 g/mol. The van der Waals surface area contributed by atoms with Crippen molar-refractivity contribution < 1.29 is 22.7 Å². The molecule has 1 amide bonds. The Labute approximate surface area is 139 Å². The summed E-state index contributed by atoms with van der Waals surface area (Å²) >= 11 is 7.05. The van der Waals surface area contributed by atoms with Crippen LogP contribution in [0.1, 0.15) is 4.88 Å². The molecule has 4 nitrogen and oxygen atoms in total. The monoisotopic (exact) mass is 364 g/mol. The van der Waals surface area contributed by atoms with Crippen LogP contribution in [0, 0.1) is 6.92 Å². The second-order valence-electron chi connectivity index (χ2n) is 4.59. The van der Waals surface area contributed by atoms with Gasteiger partial charge in [0.2, 0.25) is 0 Å². The summed E-state index contributed by atoms with van der Waals surface area (Å²) in [6, 6.07) is 7.03. The average Bonchev–Trinajstić information content (AvgIpc) is 2.79. The Bertz CT molecular complexity index is 686. The number of halogens is 4. The molecule has 0 bridgehead atoms. The number of amides is 1. The maximum absolute atomic E-state index is 11.9. The molecule has 0 atom stereocenters. The zero-order valence-electron chi connectivity index (χ0n) is 11.9. The third-order valence-electron chi connectivity index (χ3n) is 2.66. The van der Waals surface area contributed by atoms with Crippen molar-refractivity contribution in [2.24, 2.45) is 0 Å². The van der Waals surface area contributed by atoms with Crippen LogP contribution in [0.4, 0.5) is 18.3 Å². The van der Waals surface area contributed by atoms with Gasteiger partial charge in [0.05, 0.1) is 5.69 Å².